The van der Waals surface area contributed by atoms with Crippen molar-refractivity contribution in [2.75, 3.05) is 0 Å². The number of rotatable bonds is 3. The summed E-state index contributed by atoms with van der Waals surface area (Å²) in [7, 11) is -3.70. The predicted octanol–water partition coefficient (Wildman–Crippen LogP) is 2.91. The summed E-state index contributed by atoms with van der Waals surface area (Å²) in [6, 6.07) is 12.9. The average molecular weight is 305 g/mol. The smallest absolute Gasteiger partial charge is 0.240 e. The number of sulfonamides is 1. The van der Waals surface area contributed by atoms with E-state index in [1.807, 2.05) is 19.1 Å². The van der Waals surface area contributed by atoms with Crippen LogP contribution in [-0.4, -0.2) is 14.5 Å². The second-order valence-electron chi connectivity index (χ2n) is 5.35. The van der Waals surface area contributed by atoms with Gasteiger partial charge in [-0.1, -0.05) is 42.0 Å². The van der Waals surface area contributed by atoms with Crippen molar-refractivity contribution < 1.29 is 12.8 Å². The van der Waals surface area contributed by atoms with E-state index in [0.717, 1.165) is 11.1 Å². The molecule has 2 unspecified atom stereocenters. The number of hydrogen-bond donors (Lipinski definition) is 1. The Bertz CT molecular complexity index is 756. The van der Waals surface area contributed by atoms with E-state index in [2.05, 4.69) is 4.72 Å². The molecule has 21 heavy (non-hydrogen) atoms. The van der Waals surface area contributed by atoms with Crippen LogP contribution in [0.15, 0.2) is 53.4 Å². The number of nitrogens with one attached hydrogen (secondary N) is 1. The summed E-state index contributed by atoms with van der Waals surface area (Å²) < 4.78 is 41.5. The Labute approximate surface area is 123 Å². The van der Waals surface area contributed by atoms with Gasteiger partial charge in [0.25, 0.3) is 0 Å². The molecule has 0 radical (unpaired) electrons. The highest BCUT2D eigenvalue weighted by Crippen LogP contribution is 2.34. The molecule has 2 atom stereocenters. The fourth-order valence-corrected chi connectivity index (χ4v) is 3.86. The minimum atomic E-state index is -3.70. The van der Waals surface area contributed by atoms with Gasteiger partial charge in [0.1, 0.15) is 6.17 Å². The van der Waals surface area contributed by atoms with Crippen molar-refractivity contribution in [2.45, 2.75) is 30.5 Å². The third kappa shape index (κ3) is 2.71. The first-order valence-electron chi connectivity index (χ1n) is 6.78. The maximum absolute atomic E-state index is 14.4. The van der Waals surface area contributed by atoms with Crippen molar-refractivity contribution in [1.82, 2.24) is 4.72 Å². The van der Waals surface area contributed by atoms with E-state index in [0.29, 0.717) is 12.0 Å². The third-order valence-corrected chi connectivity index (χ3v) is 5.29. The lowest BCUT2D eigenvalue weighted by molar-refractivity contribution is 0.294. The minimum absolute atomic E-state index is 0.163. The van der Waals surface area contributed by atoms with Gasteiger partial charge in [0, 0.05) is 0 Å². The van der Waals surface area contributed by atoms with Crippen LogP contribution in [0.1, 0.15) is 22.9 Å². The zero-order valence-corrected chi connectivity index (χ0v) is 12.4. The van der Waals surface area contributed by atoms with E-state index < -0.39 is 22.2 Å². The van der Waals surface area contributed by atoms with Crippen LogP contribution in [0.5, 0.6) is 0 Å². The van der Waals surface area contributed by atoms with Crippen molar-refractivity contribution >= 4 is 10.0 Å². The summed E-state index contributed by atoms with van der Waals surface area (Å²) >= 11 is 0. The van der Waals surface area contributed by atoms with Crippen LogP contribution in [0, 0.1) is 6.92 Å². The highest BCUT2D eigenvalue weighted by atomic mass is 32.2. The predicted molar refractivity (Wildman–Crippen MR) is 79.3 cm³/mol. The Hall–Kier alpha value is -1.72. The number of hydrogen-bond acceptors (Lipinski definition) is 2. The fraction of sp³-hybridized carbons (Fsp3) is 0.250. The van der Waals surface area contributed by atoms with Crippen molar-refractivity contribution in [3.8, 4) is 0 Å². The van der Waals surface area contributed by atoms with Gasteiger partial charge < -0.3 is 0 Å². The lowest BCUT2D eigenvalue weighted by Gasteiger charge is -2.15. The van der Waals surface area contributed by atoms with E-state index in [1.54, 1.807) is 24.3 Å². The first-order valence-corrected chi connectivity index (χ1v) is 8.26. The number of aryl methyl sites for hydroxylation is 1. The van der Waals surface area contributed by atoms with Crippen LogP contribution < -0.4 is 4.72 Å². The molecule has 110 valence electrons. The van der Waals surface area contributed by atoms with Gasteiger partial charge >= 0.3 is 0 Å². The molecule has 2 aromatic carbocycles. The van der Waals surface area contributed by atoms with E-state index >= 15 is 0 Å². The molecular formula is C16H16FNO2S. The number of halogens is 1. The molecule has 0 fully saturated rings. The van der Waals surface area contributed by atoms with E-state index in [9.17, 15) is 12.8 Å². The molecule has 0 amide bonds. The normalized spacial score (nSPS) is 21.2. The number of fused-ring (bicyclic) bond motifs is 1. The summed E-state index contributed by atoms with van der Waals surface area (Å²) in [5.41, 5.74) is 2.42. The highest BCUT2D eigenvalue weighted by molar-refractivity contribution is 7.89. The fourth-order valence-electron chi connectivity index (χ4n) is 2.63. The summed E-state index contributed by atoms with van der Waals surface area (Å²) in [6.45, 7) is 1.88. The molecule has 0 saturated heterocycles. The lowest BCUT2D eigenvalue weighted by atomic mass is 10.1. The lowest BCUT2D eigenvalue weighted by Crippen LogP contribution is -2.36. The van der Waals surface area contributed by atoms with Crippen LogP contribution in [0.4, 0.5) is 4.39 Å². The molecule has 2 aromatic rings. The van der Waals surface area contributed by atoms with Gasteiger partial charge in [0.05, 0.1) is 10.9 Å². The zero-order chi connectivity index (χ0) is 15.0. The Morgan fingerprint density at radius 1 is 1.10 bits per heavy atom. The van der Waals surface area contributed by atoms with Crippen LogP contribution in [-0.2, 0) is 16.4 Å². The Morgan fingerprint density at radius 3 is 2.43 bits per heavy atom. The molecule has 0 aromatic heterocycles. The molecule has 0 spiro atoms. The second-order valence-corrected chi connectivity index (χ2v) is 7.06. The van der Waals surface area contributed by atoms with Gasteiger partial charge in [-0.3, -0.25) is 0 Å². The van der Waals surface area contributed by atoms with E-state index in [-0.39, 0.29) is 4.90 Å². The zero-order valence-electron chi connectivity index (χ0n) is 11.6. The Morgan fingerprint density at radius 2 is 1.76 bits per heavy atom. The summed E-state index contributed by atoms with van der Waals surface area (Å²) in [4.78, 5) is 0.163. The first-order chi connectivity index (χ1) is 9.97. The van der Waals surface area contributed by atoms with Gasteiger partial charge in [-0.25, -0.2) is 17.5 Å². The van der Waals surface area contributed by atoms with Crippen molar-refractivity contribution in [3.05, 3.63) is 65.2 Å². The average Bonchev–Trinajstić information content (AvgIpc) is 2.76. The van der Waals surface area contributed by atoms with Gasteiger partial charge in [0.15, 0.2) is 0 Å². The third-order valence-electron chi connectivity index (χ3n) is 3.78. The summed E-state index contributed by atoms with van der Waals surface area (Å²) in [5, 5.41) is 0. The largest absolute Gasteiger partial charge is 0.240 e. The maximum atomic E-state index is 14.4. The highest BCUT2D eigenvalue weighted by Gasteiger charge is 2.35. The molecule has 0 heterocycles. The number of alkyl halides is 1. The summed E-state index contributed by atoms with van der Waals surface area (Å²) in [6.07, 6.45) is -0.927. The molecule has 0 bridgehead atoms. The molecule has 0 saturated carbocycles. The number of benzene rings is 2. The minimum Gasteiger partial charge on any atom is -0.240 e. The molecule has 1 N–H and O–H groups in total. The van der Waals surface area contributed by atoms with Gasteiger partial charge in [-0.2, -0.15) is 0 Å². The van der Waals surface area contributed by atoms with Crippen LogP contribution in [0.3, 0.4) is 0 Å². The van der Waals surface area contributed by atoms with Gasteiger partial charge in [0.2, 0.25) is 10.0 Å². The van der Waals surface area contributed by atoms with E-state index in [1.165, 1.54) is 12.1 Å². The molecule has 3 nitrogen and oxygen atoms in total. The van der Waals surface area contributed by atoms with Crippen LogP contribution >= 0.6 is 0 Å². The molecule has 3 rings (SSSR count). The maximum Gasteiger partial charge on any atom is 0.240 e. The first kappa shape index (κ1) is 14.2. The molecule has 5 heteroatoms. The topological polar surface area (TPSA) is 46.2 Å². The monoisotopic (exact) mass is 305 g/mol. The van der Waals surface area contributed by atoms with Crippen molar-refractivity contribution in [3.63, 3.8) is 0 Å². The summed E-state index contributed by atoms with van der Waals surface area (Å²) in [5.74, 6) is 0. The van der Waals surface area contributed by atoms with Crippen LogP contribution in [0.25, 0.3) is 0 Å². The van der Waals surface area contributed by atoms with Crippen LogP contribution in [0.2, 0.25) is 0 Å². The van der Waals surface area contributed by atoms with E-state index in [4.69, 9.17) is 0 Å². The molecule has 0 aliphatic heterocycles. The molecular weight excluding hydrogens is 289 g/mol. The molecule has 1 aliphatic rings. The molecule has 1 aliphatic carbocycles. The quantitative estimate of drug-likeness (QED) is 0.947. The standard InChI is InChI=1S/C16H16FNO2S/c1-11-6-8-13(9-7-11)21(19,20)18-15-10-12-4-2-3-5-14(12)16(15)17/h2-9,15-16,18H,10H2,1H3. The second kappa shape index (κ2) is 5.24. The van der Waals surface area contributed by atoms with Crippen molar-refractivity contribution in [2.24, 2.45) is 0 Å². The van der Waals surface area contributed by atoms with Crippen molar-refractivity contribution in [1.29, 1.82) is 0 Å². The Kier molecular flexibility index (Phi) is 3.55. The SMILES string of the molecule is Cc1ccc(S(=O)(=O)NC2Cc3ccccc3C2F)cc1. The Balaban J connectivity index is 1.83. The van der Waals surface area contributed by atoms with Gasteiger partial charge in [-0.05, 0) is 36.6 Å². The van der Waals surface area contributed by atoms with Gasteiger partial charge in [-0.15, -0.1) is 0 Å².